The fourth-order valence-corrected chi connectivity index (χ4v) is 4.14. The van der Waals surface area contributed by atoms with Gasteiger partial charge in [-0.3, -0.25) is 9.80 Å². The van der Waals surface area contributed by atoms with Crippen molar-refractivity contribution in [2.24, 2.45) is 0 Å². The zero-order valence-corrected chi connectivity index (χ0v) is 20.0. The fourth-order valence-electron chi connectivity index (χ4n) is 4.14. The molecule has 1 unspecified atom stereocenters. The van der Waals surface area contributed by atoms with Crippen LogP contribution in [0.15, 0.2) is 40.9 Å². The predicted octanol–water partition coefficient (Wildman–Crippen LogP) is 3.53. The molecule has 0 spiro atoms. The van der Waals surface area contributed by atoms with E-state index in [-0.39, 0.29) is 0 Å². The minimum atomic E-state index is -0.524. The minimum Gasteiger partial charge on any atom is -0.490 e. The molecule has 0 saturated carbocycles. The van der Waals surface area contributed by atoms with E-state index in [0.29, 0.717) is 31.4 Å². The van der Waals surface area contributed by atoms with Gasteiger partial charge < -0.3 is 14.4 Å². The van der Waals surface area contributed by atoms with Crippen molar-refractivity contribution in [2.75, 3.05) is 39.3 Å². The third-order valence-electron chi connectivity index (χ3n) is 6.36. The van der Waals surface area contributed by atoms with Crippen LogP contribution in [0.3, 0.4) is 0 Å². The number of piperazine rings is 1. The van der Waals surface area contributed by atoms with E-state index in [1.165, 1.54) is 11.1 Å². The molecule has 1 aromatic heterocycles. The SMILES string of the molecule is Cc1ccc(-c2noc(CN3CCN(CC(O)COc4c(C)ccc(C)c4C)CC3)n2)cc1. The van der Waals surface area contributed by atoms with Crippen LogP contribution in [-0.2, 0) is 6.54 Å². The summed E-state index contributed by atoms with van der Waals surface area (Å²) in [6, 6.07) is 12.3. The first-order valence-corrected chi connectivity index (χ1v) is 11.6. The molecule has 1 aliphatic rings. The van der Waals surface area contributed by atoms with Crippen molar-refractivity contribution in [3.8, 4) is 17.1 Å². The van der Waals surface area contributed by atoms with Crippen LogP contribution < -0.4 is 4.74 Å². The number of hydrogen-bond acceptors (Lipinski definition) is 7. The van der Waals surface area contributed by atoms with E-state index in [4.69, 9.17) is 9.26 Å². The molecule has 33 heavy (non-hydrogen) atoms. The Balaban J connectivity index is 1.22. The van der Waals surface area contributed by atoms with Crippen LogP contribution in [0.2, 0.25) is 0 Å². The summed E-state index contributed by atoms with van der Waals surface area (Å²) < 4.78 is 11.5. The summed E-state index contributed by atoms with van der Waals surface area (Å²) in [5.74, 6) is 2.16. The molecule has 4 rings (SSSR count). The van der Waals surface area contributed by atoms with E-state index >= 15 is 0 Å². The number of aliphatic hydroxyl groups excluding tert-OH is 1. The van der Waals surface area contributed by atoms with Crippen LogP contribution in [-0.4, -0.2) is 70.5 Å². The second kappa shape index (κ2) is 10.5. The summed E-state index contributed by atoms with van der Waals surface area (Å²) in [7, 11) is 0. The van der Waals surface area contributed by atoms with E-state index in [2.05, 4.69) is 52.8 Å². The van der Waals surface area contributed by atoms with E-state index in [1.807, 2.05) is 31.2 Å². The zero-order valence-electron chi connectivity index (χ0n) is 20.0. The Kier molecular flexibility index (Phi) is 7.42. The highest BCUT2D eigenvalue weighted by Gasteiger charge is 2.22. The maximum absolute atomic E-state index is 10.5. The quantitative estimate of drug-likeness (QED) is 0.563. The van der Waals surface area contributed by atoms with Crippen molar-refractivity contribution in [1.82, 2.24) is 19.9 Å². The van der Waals surface area contributed by atoms with Gasteiger partial charge in [0.2, 0.25) is 11.7 Å². The molecule has 0 bridgehead atoms. The number of β-amino-alcohol motifs (C(OH)–C–C–N with tert-alkyl or cyclic N) is 1. The van der Waals surface area contributed by atoms with Crippen LogP contribution in [0.25, 0.3) is 11.4 Å². The van der Waals surface area contributed by atoms with Crippen molar-refractivity contribution in [3.63, 3.8) is 0 Å². The average Bonchev–Trinajstić information content (AvgIpc) is 3.26. The normalized spacial score (nSPS) is 16.2. The molecule has 1 N–H and O–H groups in total. The van der Waals surface area contributed by atoms with Gasteiger partial charge in [-0.05, 0) is 44.4 Å². The van der Waals surface area contributed by atoms with E-state index in [9.17, 15) is 5.11 Å². The van der Waals surface area contributed by atoms with Crippen LogP contribution in [0.1, 0.15) is 28.1 Å². The summed E-state index contributed by atoms with van der Waals surface area (Å²) >= 11 is 0. The maximum Gasteiger partial charge on any atom is 0.241 e. The van der Waals surface area contributed by atoms with Gasteiger partial charge in [-0.1, -0.05) is 47.1 Å². The predicted molar refractivity (Wildman–Crippen MR) is 128 cm³/mol. The number of benzene rings is 2. The summed E-state index contributed by atoms with van der Waals surface area (Å²) in [6.07, 6.45) is -0.524. The molecule has 0 radical (unpaired) electrons. The topological polar surface area (TPSA) is 74.9 Å². The third-order valence-corrected chi connectivity index (χ3v) is 6.36. The Morgan fingerprint density at radius 3 is 2.33 bits per heavy atom. The Morgan fingerprint density at radius 1 is 0.939 bits per heavy atom. The number of aromatic nitrogens is 2. The molecule has 7 nitrogen and oxygen atoms in total. The molecule has 1 saturated heterocycles. The highest BCUT2D eigenvalue weighted by Crippen LogP contribution is 2.26. The molecule has 0 aliphatic carbocycles. The Bertz CT molecular complexity index is 1060. The maximum atomic E-state index is 10.5. The molecule has 0 amide bonds. The van der Waals surface area contributed by atoms with Gasteiger partial charge in [-0.25, -0.2) is 0 Å². The largest absolute Gasteiger partial charge is 0.490 e. The molecule has 1 fully saturated rings. The number of hydrogen-bond donors (Lipinski definition) is 1. The van der Waals surface area contributed by atoms with Crippen LogP contribution in [0.5, 0.6) is 5.75 Å². The summed E-state index contributed by atoms with van der Waals surface area (Å²) in [6.45, 7) is 13.4. The monoisotopic (exact) mass is 450 g/mol. The van der Waals surface area contributed by atoms with Crippen LogP contribution in [0, 0.1) is 27.7 Å². The summed E-state index contributed by atoms with van der Waals surface area (Å²) in [5, 5.41) is 14.7. The second-order valence-corrected chi connectivity index (χ2v) is 9.07. The Morgan fingerprint density at radius 2 is 1.61 bits per heavy atom. The van der Waals surface area contributed by atoms with Gasteiger partial charge in [0.1, 0.15) is 18.5 Å². The lowest BCUT2D eigenvalue weighted by atomic mass is 10.1. The van der Waals surface area contributed by atoms with Gasteiger partial charge in [0, 0.05) is 38.3 Å². The summed E-state index contributed by atoms with van der Waals surface area (Å²) in [4.78, 5) is 9.15. The molecule has 7 heteroatoms. The van der Waals surface area contributed by atoms with Crippen LogP contribution >= 0.6 is 0 Å². The highest BCUT2D eigenvalue weighted by atomic mass is 16.5. The molecule has 3 aromatic rings. The van der Waals surface area contributed by atoms with Crippen molar-refractivity contribution in [3.05, 3.63) is 64.5 Å². The number of ether oxygens (including phenoxy) is 1. The summed E-state index contributed by atoms with van der Waals surface area (Å²) in [5.41, 5.74) is 5.62. The lowest BCUT2D eigenvalue weighted by Crippen LogP contribution is -2.48. The van der Waals surface area contributed by atoms with Gasteiger partial charge in [0.05, 0.1) is 6.54 Å². The van der Waals surface area contributed by atoms with Gasteiger partial charge >= 0.3 is 0 Å². The molecule has 1 aliphatic heterocycles. The van der Waals surface area contributed by atoms with Crippen molar-refractivity contribution in [1.29, 1.82) is 0 Å². The van der Waals surface area contributed by atoms with Gasteiger partial charge in [-0.2, -0.15) is 4.98 Å². The highest BCUT2D eigenvalue weighted by molar-refractivity contribution is 5.54. The molecule has 2 aromatic carbocycles. The van der Waals surface area contributed by atoms with Crippen molar-refractivity contribution >= 4 is 0 Å². The fraction of sp³-hybridized carbons (Fsp3) is 0.462. The number of rotatable bonds is 8. The molecule has 1 atom stereocenters. The average molecular weight is 451 g/mol. The first-order chi connectivity index (χ1) is 15.9. The number of aryl methyl sites for hydroxylation is 3. The van der Waals surface area contributed by atoms with Gasteiger partial charge in [0.15, 0.2) is 0 Å². The van der Waals surface area contributed by atoms with Crippen molar-refractivity contribution < 1.29 is 14.4 Å². The zero-order chi connectivity index (χ0) is 23.4. The molecule has 176 valence electrons. The minimum absolute atomic E-state index is 0.301. The molecular formula is C26H34N4O3. The lowest BCUT2D eigenvalue weighted by Gasteiger charge is -2.34. The Labute approximate surface area is 196 Å². The lowest BCUT2D eigenvalue weighted by molar-refractivity contribution is 0.0423. The number of nitrogens with zero attached hydrogens (tertiary/aromatic N) is 4. The third kappa shape index (κ3) is 5.99. The first kappa shape index (κ1) is 23.4. The van der Waals surface area contributed by atoms with Crippen LogP contribution in [0.4, 0.5) is 0 Å². The van der Waals surface area contributed by atoms with Gasteiger partial charge in [-0.15, -0.1) is 0 Å². The smallest absolute Gasteiger partial charge is 0.241 e. The van der Waals surface area contributed by atoms with E-state index in [0.717, 1.165) is 48.6 Å². The van der Waals surface area contributed by atoms with E-state index in [1.54, 1.807) is 0 Å². The van der Waals surface area contributed by atoms with Gasteiger partial charge in [0.25, 0.3) is 0 Å². The standard InChI is InChI=1S/C26H34N4O3/c1-18-5-9-22(10-6-18)26-27-24(33-28-26)16-30-13-11-29(12-14-30)15-23(31)17-32-25-20(3)8-7-19(2)21(25)4/h5-10,23,31H,11-17H2,1-4H3. The molecular weight excluding hydrogens is 416 g/mol. The van der Waals surface area contributed by atoms with E-state index < -0.39 is 6.10 Å². The Hall–Kier alpha value is -2.74. The number of aliphatic hydroxyl groups is 1. The first-order valence-electron chi connectivity index (χ1n) is 11.6. The molecule has 2 heterocycles. The van der Waals surface area contributed by atoms with Crippen molar-refractivity contribution in [2.45, 2.75) is 40.3 Å². The second-order valence-electron chi connectivity index (χ2n) is 9.07.